The number of halogens is 2. The SMILES string of the molecule is CC(=O)C1CCC(n2ncc(C(=O)N(Cc3cc(F)cc(F)c3)CC(O)c3c(O)cccc3O)c2C)CC1. The summed E-state index contributed by atoms with van der Waals surface area (Å²) >= 11 is 0. The number of phenols is 2. The van der Waals surface area contributed by atoms with Crippen molar-refractivity contribution in [2.24, 2.45) is 5.92 Å². The summed E-state index contributed by atoms with van der Waals surface area (Å²) < 4.78 is 29.6. The zero-order chi connectivity index (χ0) is 27.6. The number of nitrogens with zero attached hydrogens (tertiary/aromatic N) is 3. The summed E-state index contributed by atoms with van der Waals surface area (Å²) in [5, 5.41) is 35.7. The Morgan fingerprint density at radius 1 is 1.08 bits per heavy atom. The Morgan fingerprint density at radius 2 is 1.68 bits per heavy atom. The number of aromatic nitrogens is 2. The molecule has 3 N–H and O–H groups in total. The zero-order valence-corrected chi connectivity index (χ0v) is 21.3. The molecule has 1 aromatic heterocycles. The second-order valence-corrected chi connectivity index (χ2v) is 9.89. The number of Topliss-reactive ketones (excluding diaryl/α,β-unsaturated/α-hetero) is 1. The molecule has 3 aromatic rings. The highest BCUT2D eigenvalue weighted by atomic mass is 19.1. The monoisotopic (exact) mass is 527 g/mol. The Balaban J connectivity index is 1.62. The summed E-state index contributed by atoms with van der Waals surface area (Å²) in [5.74, 6) is -2.65. The largest absolute Gasteiger partial charge is 0.507 e. The number of hydrogen-bond donors (Lipinski definition) is 3. The number of aliphatic hydroxyl groups excluding tert-OH is 1. The van der Waals surface area contributed by atoms with E-state index >= 15 is 0 Å². The molecular weight excluding hydrogens is 496 g/mol. The van der Waals surface area contributed by atoms with E-state index in [4.69, 9.17) is 0 Å². The Labute approximate surface area is 219 Å². The smallest absolute Gasteiger partial charge is 0.257 e. The maximum Gasteiger partial charge on any atom is 0.257 e. The number of benzene rings is 2. The summed E-state index contributed by atoms with van der Waals surface area (Å²) in [4.78, 5) is 26.6. The van der Waals surface area contributed by atoms with Gasteiger partial charge < -0.3 is 20.2 Å². The lowest BCUT2D eigenvalue weighted by atomic mass is 9.84. The lowest BCUT2D eigenvalue weighted by Crippen LogP contribution is -2.35. The molecule has 4 rings (SSSR count). The Bertz CT molecular complexity index is 1290. The Kier molecular flexibility index (Phi) is 8.11. The first kappa shape index (κ1) is 27.3. The van der Waals surface area contributed by atoms with Crippen LogP contribution >= 0.6 is 0 Å². The van der Waals surface area contributed by atoms with E-state index in [1.165, 1.54) is 29.3 Å². The third-order valence-corrected chi connectivity index (χ3v) is 7.26. The van der Waals surface area contributed by atoms with Gasteiger partial charge in [0.25, 0.3) is 5.91 Å². The number of phenolic OH excluding ortho intramolecular Hbond substituents is 2. The molecule has 1 unspecified atom stereocenters. The zero-order valence-electron chi connectivity index (χ0n) is 21.3. The molecule has 1 saturated carbocycles. The molecule has 2 aromatic carbocycles. The normalized spacial score (nSPS) is 18.2. The number of aromatic hydroxyl groups is 2. The van der Waals surface area contributed by atoms with Gasteiger partial charge in [0.15, 0.2) is 0 Å². The van der Waals surface area contributed by atoms with Crippen LogP contribution in [0.3, 0.4) is 0 Å². The van der Waals surface area contributed by atoms with Crippen LogP contribution in [0.2, 0.25) is 0 Å². The third-order valence-electron chi connectivity index (χ3n) is 7.26. The van der Waals surface area contributed by atoms with Crippen molar-refractivity contribution in [3.63, 3.8) is 0 Å². The van der Waals surface area contributed by atoms with E-state index in [0.29, 0.717) is 5.69 Å². The predicted molar refractivity (Wildman–Crippen MR) is 134 cm³/mol. The standard InChI is InChI=1S/C28H31F2N3O5/c1-16-23(13-31-33(16)22-8-6-19(7-9-22)17(2)34)28(38)32(14-18-10-20(29)12-21(30)11-18)15-26(37)27-24(35)4-3-5-25(27)36/h3-5,10-13,19,22,26,35-37H,6-9,14-15H2,1-2H3. The highest BCUT2D eigenvalue weighted by Crippen LogP contribution is 2.35. The maximum atomic E-state index is 13.9. The number of rotatable bonds is 8. The fraction of sp³-hybridized carbons (Fsp3) is 0.393. The maximum absolute atomic E-state index is 13.9. The third kappa shape index (κ3) is 5.85. The van der Waals surface area contributed by atoms with E-state index in [1.54, 1.807) is 18.5 Å². The van der Waals surface area contributed by atoms with Gasteiger partial charge in [-0.25, -0.2) is 8.78 Å². The average molecular weight is 528 g/mol. The van der Waals surface area contributed by atoms with Crippen LogP contribution in [0, 0.1) is 24.5 Å². The molecule has 1 aliphatic carbocycles. The Morgan fingerprint density at radius 3 is 2.26 bits per heavy atom. The van der Waals surface area contributed by atoms with E-state index in [2.05, 4.69) is 5.10 Å². The molecule has 0 aliphatic heterocycles. The van der Waals surface area contributed by atoms with Gasteiger partial charge in [-0.05, 0) is 69.4 Å². The fourth-order valence-electron chi connectivity index (χ4n) is 5.22. The predicted octanol–water partition coefficient (Wildman–Crippen LogP) is 4.58. The minimum atomic E-state index is -1.49. The van der Waals surface area contributed by atoms with Crippen LogP contribution in [0.15, 0.2) is 42.6 Å². The first-order chi connectivity index (χ1) is 18.0. The molecule has 0 saturated heterocycles. The molecular formula is C28H31F2N3O5. The Hall–Kier alpha value is -3.79. The molecule has 1 atom stereocenters. The summed E-state index contributed by atoms with van der Waals surface area (Å²) in [6.07, 6.45) is 2.93. The fourth-order valence-corrected chi connectivity index (χ4v) is 5.22. The lowest BCUT2D eigenvalue weighted by Gasteiger charge is -2.28. The van der Waals surface area contributed by atoms with Crippen molar-refractivity contribution in [3.05, 3.63) is 76.6 Å². The molecule has 38 heavy (non-hydrogen) atoms. The minimum Gasteiger partial charge on any atom is -0.507 e. The molecule has 8 nitrogen and oxygen atoms in total. The second kappa shape index (κ2) is 11.3. The van der Waals surface area contributed by atoms with Crippen molar-refractivity contribution in [3.8, 4) is 11.5 Å². The van der Waals surface area contributed by atoms with Crippen LogP contribution in [-0.4, -0.2) is 48.2 Å². The van der Waals surface area contributed by atoms with Crippen molar-refractivity contribution < 1.29 is 33.7 Å². The first-order valence-corrected chi connectivity index (χ1v) is 12.5. The van der Waals surface area contributed by atoms with Crippen LogP contribution in [0.25, 0.3) is 0 Å². The highest BCUT2D eigenvalue weighted by molar-refractivity contribution is 5.95. The summed E-state index contributed by atoms with van der Waals surface area (Å²) in [7, 11) is 0. The van der Waals surface area contributed by atoms with Gasteiger partial charge in [-0.3, -0.25) is 14.3 Å². The topological polar surface area (TPSA) is 116 Å². The molecule has 1 heterocycles. The number of carbonyl (C=O) groups excluding carboxylic acids is 2. The first-order valence-electron chi connectivity index (χ1n) is 12.5. The van der Waals surface area contributed by atoms with Crippen molar-refractivity contribution in [2.75, 3.05) is 6.54 Å². The van der Waals surface area contributed by atoms with Crippen LogP contribution < -0.4 is 0 Å². The molecule has 1 amide bonds. The molecule has 0 radical (unpaired) electrons. The van der Waals surface area contributed by atoms with Crippen LogP contribution in [0.5, 0.6) is 11.5 Å². The van der Waals surface area contributed by atoms with E-state index < -0.39 is 23.6 Å². The molecule has 0 spiro atoms. The summed E-state index contributed by atoms with van der Waals surface area (Å²) in [6.45, 7) is 2.73. The van der Waals surface area contributed by atoms with Crippen molar-refractivity contribution in [2.45, 2.75) is 58.2 Å². The molecule has 1 fully saturated rings. The van der Waals surface area contributed by atoms with Gasteiger partial charge in [0.05, 0.1) is 29.9 Å². The van der Waals surface area contributed by atoms with Gasteiger partial charge in [0.1, 0.15) is 35.0 Å². The second-order valence-electron chi connectivity index (χ2n) is 9.89. The van der Waals surface area contributed by atoms with Gasteiger partial charge >= 0.3 is 0 Å². The molecule has 202 valence electrons. The number of hydrogen-bond acceptors (Lipinski definition) is 6. The summed E-state index contributed by atoms with van der Waals surface area (Å²) in [5.41, 5.74) is 0.850. The highest BCUT2D eigenvalue weighted by Gasteiger charge is 2.30. The van der Waals surface area contributed by atoms with Crippen LogP contribution in [0.4, 0.5) is 8.78 Å². The van der Waals surface area contributed by atoms with Crippen LogP contribution in [-0.2, 0) is 11.3 Å². The number of amides is 1. The van der Waals surface area contributed by atoms with Gasteiger partial charge in [0.2, 0.25) is 0 Å². The van der Waals surface area contributed by atoms with Crippen molar-refractivity contribution >= 4 is 11.7 Å². The van der Waals surface area contributed by atoms with E-state index in [-0.39, 0.29) is 59.0 Å². The quantitative estimate of drug-likeness (QED) is 0.395. The van der Waals surface area contributed by atoms with E-state index in [1.807, 2.05) is 0 Å². The molecule has 0 bridgehead atoms. The van der Waals surface area contributed by atoms with Gasteiger partial charge in [0, 0.05) is 24.2 Å². The number of carbonyl (C=O) groups is 2. The molecule has 10 heteroatoms. The number of aliphatic hydroxyl groups is 1. The van der Waals surface area contributed by atoms with Crippen molar-refractivity contribution in [1.29, 1.82) is 0 Å². The van der Waals surface area contributed by atoms with E-state index in [9.17, 15) is 33.7 Å². The van der Waals surface area contributed by atoms with E-state index in [0.717, 1.165) is 43.9 Å². The minimum absolute atomic E-state index is 0.0294. The summed E-state index contributed by atoms with van der Waals surface area (Å²) in [6, 6.07) is 6.93. The number of ketones is 1. The van der Waals surface area contributed by atoms with Crippen LogP contribution in [0.1, 0.15) is 71.9 Å². The van der Waals surface area contributed by atoms with Gasteiger partial charge in [-0.2, -0.15) is 5.10 Å². The van der Waals surface area contributed by atoms with Gasteiger partial charge in [-0.1, -0.05) is 6.07 Å². The van der Waals surface area contributed by atoms with Crippen molar-refractivity contribution in [1.82, 2.24) is 14.7 Å². The average Bonchev–Trinajstić information content (AvgIpc) is 3.23. The lowest BCUT2D eigenvalue weighted by molar-refractivity contribution is -0.121. The van der Waals surface area contributed by atoms with Gasteiger partial charge in [-0.15, -0.1) is 0 Å². The molecule has 1 aliphatic rings.